The first-order valence-corrected chi connectivity index (χ1v) is 19.2. The maximum absolute atomic E-state index is 6.55. The summed E-state index contributed by atoms with van der Waals surface area (Å²) in [6.45, 7) is 4.71. The van der Waals surface area contributed by atoms with Crippen molar-refractivity contribution in [3.8, 4) is 67.3 Å². The smallest absolute Gasteiger partial charge is 0.160 e. The van der Waals surface area contributed by atoms with Crippen LogP contribution in [0.1, 0.15) is 25.0 Å². The summed E-state index contributed by atoms with van der Waals surface area (Å²) < 4.78 is 6.55. The second kappa shape index (κ2) is 12.5. The number of benzene rings is 8. The molecule has 0 aliphatic heterocycles. The lowest BCUT2D eigenvalue weighted by Crippen LogP contribution is -2.14. The zero-order valence-corrected chi connectivity index (χ0v) is 31.1. The van der Waals surface area contributed by atoms with Gasteiger partial charge in [-0.25, -0.2) is 9.97 Å². The highest BCUT2D eigenvalue weighted by molar-refractivity contribution is 6.13. The van der Waals surface area contributed by atoms with Gasteiger partial charge < -0.3 is 4.42 Å². The van der Waals surface area contributed by atoms with Crippen LogP contribution in [-0.4, -0.2) is 9.97 Å². The number of fused-ring (bicyclic) bond motifs is 7. The topological polar surface area (TPSA) is 38.9 Å². The first-order chi connectivity index (χ1) is 27.5. The third-order valence-electron chi connectivity index (χ3n) is 11.7. The minimum atomic E-state index is -0.148. The molecule has 3 heteroatoms. The van der Waals surface area contributed by atoms with Crippen LogP contribution in [0.15, 0.2) is 186 Å². The van der Waals surface area contributed by atoms with E-state index in [2.05, 4.69) is 159 Å². The molecule has 3 nitrogen and oxygen atoms in total. The van der Waals surface area contributed by atoms with Crippen LogP contribution >= 0.6 is 0 Å². The summed E-state index contributed by atoms with van der Waals surface area (Å²) in [5.74, 6) is 0.676. The average molecular weight is 717 g/mol. The number of nitrogens with zero attached hydrogens (tertiary/aromatic N) is 2. The van der Waals surface area contributed by atoms with E-state index in [1.165, 1.54) is 38.6 Å². The van der Waals surface area contributed by atoms with E-state index in [1.807, 2.05) is 36.4 Å². The van der Waals surface area contributed by atoms with Gasteiger partial charge in [-0.3, -0.25) is 0 Å². The van der Waals surface area contributed by atoms with E-state index in [4.69, 9.17) is 14.4 Å². The Labute approximate surface area is 325 Å². The van der Waals surface area contributed by atoms with Crippen molar-refractivity contribution in [1.82, 2.24) is 9.97 Å². The molecule has 1 aliphatic carbocycles. The fraction of sp³-hybridized carbons (Fsp3) is 0.0566. The van der Waals surface area contributed by atoms with Crippen LogP contribution in [0.5, 0.6) is 0 Å². The van der Waals surface area contributed by atoms with Gasteiger partial charge in [0.2, 0.25) is 0 Å². The molecule has 0 spiro atoms. The summed E-state index contributed by atoms with van der Waals surface area (Å²) >= 11 is 0. The fourth-order valence-electron chi connectivity index (χ4n) is 8.93. The quantitative estimate of drug-likeness (QED) is 0.178. The molecule has 11 rings (SSSR count). The van der Waals surface area contributed by atoms with Crippen molar-refractivity contribution in [2.24, 2.45) is 0 Å². The van der Waals surface area contributed by atoms with Gasteiger partial charge in [0.1, 0.15) is 11.2 Å². The SMILES string of the molecule is CC1(C)c2cc3ccccc3cc2-c2c(-c3ccccc3-c3cc(-c4cc(-c5ccccc5)cc5oc6ccccc6c45)nc(-c4ccccc4)n3)cccc21. The molecule has 264 valence electrons. The van der Waals surface area contributed by atoms with E-state index in [0.29, 0.717) is 5.82 Å². The fourth-order valence-corrected chi connectivity index (χ4v) is 8.93. The van der Waals surface area contributed by atoms with Crippen molar-refractivity contribution < 1.29 is 4.42 Å². The molecule has 2 aromatic heterocycles. The number of hydrogen-bond donors (Lipinski definition) is 0. The average Bonchev–Trinajstić information content (AvgIpc) is 3.74. The molecule has 0 amide bonds. The summed E-state index contributed by atoms with van der Waals surface area (Å²) in [6.07, 6.45) is 0. The predicted octanol–water partition coefficient (Wildman–Crippen LogP) is 14.2. The van der Waals surface area contributed by atoms with Gasteiger partial charge in [0.05, 0.1) is 11.4 Å². The first-order valence-electron chi connectivity index (χ1n) is 19.2. The monoisotopic (exact) mass is 716 g/mol. The van der Waals surface area contributed by atoms with Crippen molar-refractivity contribution in [3.63, 3.8) is 0 Å². The van der Waals surface area contributed by atoms with Crippen LogP contribution in [0.25, 0.3) is 100.0 Å². The maximum Gasteiger partial charge on any atom is 0.160 e. The number of para-hydroxylation sites is 1. The molecule has 2 heterocycles. The van der Waals surface area contributed by atoms with Gasteiger partial charge in [-0.2, -0.15) is 0 Å². The second-order valence-electron chi connectivity index (χ2n) is 15.3. The molecule has 56 heavy (non-hydrogen) atoms. The second-order valence-corrected chi connectivity index (χ2v) is 15.3. The molecule has 0 radical (unpaired) electrons. The molecule has 8 aromatic carbocycles. The van der Waals surface area contributed by atoms with Crippen LogP contribution in [-0.2, 0) is 5.41 Å². The Bertz CT molecular complexity index is 3160. The highest BCUT2D eigenvalue weighted by atomic mass is 16.3. The Kier molecular flexibility index (Phi) is 7.20. The summed E-state index contributed by atoms with van der Waals surface area (Å²) in [5.41, 5.74) is 16.1. The lowest BCUT2D eigenvalue weighted by Gasteiger charge is -2.22. The molecule has 0 saturated heterocycles. The van der Waals surface area contributed by atoms with Gasteiger partial charge in [0, 0.05) is 32.9 Å². The van der Waals surface area contributed by atoms with Gasteiger partial charge in [-0.15, -0.1) is 0 Å². The Morgan fingerprint density at radius 2 is 1.04 bits per heavy atom. The molecule has 0 saturated carbocycles. The number of furan rings is 1. The zero-order valence-electron chi connectivity index (χ0n) is 31.1. The Morgan fingerprint density at radius 1 is 0.411 bits per heavy atom. The molecular formula is C53H36N2O. The van der Waals surface area contributed by atoms with Gasteiger partial charge in [-0.1, -0.05) is 159 Å². The highest BCUT2D eigenvalue weighted by Crippen LogP contribution is 2.54. The number of rotatable bonds is 5. The molecule has 0 atom stereocenters. The van der Waals surface area contributed by atoms with Crippen LogP contribution < -0.4 is 0 Å². The normalized spacial score (nSPS) is 13.0. The molecule has 10 aromatic rings. The minimum absolute atomic E-state index is 0.148. The molecule has 0 unspecified atom stereocenters. The van der Waals surface area contributed by atoms with Crippen molar-refractivity contribution in [1.29, 1.82) is 0 Å². The summed E-state index contributed by atoms with van der Waals surface area (Å²) in [5, 5.41) is 4.63. The summed E-state index contributed by atoms with van der Waals surface area (Å²) in [4.78, 5) is 10.7. The van der Waals surface area contributed by atoms with Gasteiger partial charge in [-0.05, 0) is 91.7 Å². The molecule has 1 aliphatic rings. The Balaban J connectivity index is 1.18. The van der Waals surface area contributed by atoms with Crippen molar-refractivity contribution in [3.05, 3.63) is 193 Å². The summed E-state index contributed by atoms with van der Waals surface area (Å²) in [7, 11) is 0. The largest absolute Gasteiger partial charge is 0.456 e. The minimum Gasteiger partial charge on any atom is -0.456 e. The first kappa shape index (κ1) is 32.3. The lowest BCUT2D eigenvalue weighted by atomic mass is 9.81. The van der Waals surface area contributed by atoms with Crippen molar-refractivity contribution in [2.45, 2.75) is 19.3 Å². The van der Waals surface area contributed by atoms with E-state index >= 15 is 0 Å². The van der Waals surface area contributed by atoms with Crippen LogP contribution in [0.4, 0.5) is 0 Å². The van der Waals surface area contributed by atoms with Crippen molar-refractivity contribution in [2.75, 3.05) is 0 Å². The molecule has 0 N–H and O–H groups in total. The van der Waals surface area contributed by atoms with Gasteiger partial charge in [0.25, 0.3) is 0 Å². The van der Waals surface area contributed by atoms with E-state index in [-0.39, 0.29) is 5.41 Å². The maximum atomic E-state index is 6.55. The highest BCUT2D eigenvalue weighted by Gasteiger charge is 2.37. The third kappa shape index (κ3) is 5.05. The van der Waals surface area contributed by atoms with E-state index in [0.717, 1.165) is 66.7 Å². The Morgan fingerprint density at radius 3 is 1.82 bits per heavy atom. The molecule has 0 fully saturated rings. The van der Waals surface area contributed by atoms with Crippen LogP contribution in [0, 0.1) is 0 Å². The van der Waals surface area contributed by atoms with E-state index in [1.54, 1.807) is 0 Å². The van der Waals surface area contributed by atoms with Gasteiger partial charge in [0.15, 0.2) is 5.82 Å². The standard InChI is InChI=1S/C53H36N2O/c1-53(2)44-26-15-25-40(50(44)42-28-35-20-9-10-21-36(35)30-45(42)53)38-22-11-12-23-39(38)46-32-47(55-52(54-46)34-18-7-4-8-19-34)43-29-37(33-16-5-3-6-17-33)31-49-51(43)41-24-13-14-27-48(41)56-49/h3-32H,1-2H3. The zero-order chi connectivity index (χ0) is 37.4. The predicted molar refractivity (Wildman–Crippen MR) is 232 cm³/mol. The number of hydrogen-bond acceptors (Lipinski definition) is 3. The third-order valence-corrected chi connectivity index (χ3v) is 11.7. The Hall–Kier alpha value is -7.10. The molecule has 0 bridgehead atoms. The summed E-state index contributed by atoms with van der Waals surface area (Å²) in [6, 6.07) is 64.7. The number of aromatic nitrogens is 2. The molecular weight excluding hydrogens is 681 g/mol. The van der Waals surface area contributed by atoms with Crippen molar-refractivity contribution >= 4 is 32.7 Å². The lowest BCUT2D eigenvalue weighted by molar-refractivity contribution is 0.661. The van der Waals surface area contributed by atoms with Crippen LogP contribution in [0.2, 0.25) is 0 Å². The van der Waals surface area contributed by atoms with Gasteiger partial charge >= 0.3 is 0 Å². The van der Waals surface area contributed by atoms with Crippen LogP contribution in [0.3, 0.4) is 0 Å². The van der Waals surface area contributed by atoms with E-state index < -0.39 is 0 Å². The van der Waals surface area contributed by atoms with E-state index in [9.17, 15) is 0 Å².